The van der Waals surface area contributed by atoms with E-state index in [9.17, 15) is 4.79 Å². The Morgan fingerprint density at radius 3 is 2.95 bits per heavy atom. The van der Waals surface area contributed by atoms with Crippen molar-refractivity contribution in [2.24, 2.45) is 0 Å². The van der Waals surface area contributed by atoms with Crippen molar-refractivity contribution in [3.05, 3.63) is 48.4 Å². The van der Waals surface area contributed by atoms with Crippen molar-refractivity contribution < 1.29 is 9.21 Å². The van der Waals surface area contributed by atoms with Crippen LogP contribution in [0.15, 0.2) is 41.3 Å². The van der Waals surface area contributed by atoms with Crippen molar-refractivity contribution in [1.82, 2.24) is 19.8 Å². The molecule has 0 radical (unpaired) electrons. The van der Waals surface area contributed by atoms with Crippen LogP contribution in [0.4, 0.5) is 0 Å². The average Bonchev–Trinajstić information content (AvgIpc) is 3.19. The van der Waals surface area contributed by atoms with Crippen LogP contribution in [0, 0.1) is 0 Å². The Morgan fingerprint density at radius 2 is 2.24 bits per heavy atom. The van der Waals surface area contributed by atoms with Gasteiger partial charge in [0.2, 0.25) is 0 Å². The summed E-state index contributed by atoms with van der Waals surface area (Å²) >= 11 is 0. The number of likely N-dealkylation sites (tertiary alicyclic amines) is 1. The maximum Gasteiger partial charge on any atom is 0.289 e. The Hall–Kier alpha value is -2.21. The van der Waals surface area contributed by atoms with E-state index in [4.69, 9.17) is 4.42 Å². The van der Waals surface area contributed by atoms with Crippen LogP contribution in [-0.2, 0) is 6.54 Å². The molecule has 1 amide bonds. The van der Waals surface area contributed by atoms with E-state index < -0.39 is 0 Å². The standard InChI is InChI=1S/C15H18N4O2/c1-18(11-14-16-6-3-7-17-14)12-5-8-19(10-12)15(20)13-4-2-9-21-13/h2-4,6-7,9,12H,5,8,10-11H2,1H3. The van der Waals surface area contributed by atoms with E-state index in [0.29, 0.717) is 24.9 Å². The fourth-order valence-electron chi connectivity index (χ4n) is 2.61. The van der Waals surface area contributed by atoms with Crippen molar-refractivity contribution >= 4 is 5.91 Å². The highest BCUT2D eigenvalue weighted by Gasteiger charge is 2.30. The Labute approximate surface area is 123 Å². The zero-order valence-electron chi connectivity index (χ0n) is 12.0. The van der Waals surface area contributed by atoms with Gasteiger partial charge in [-0.2, -0.15) is 0 Å². The van der Waals surface area contributed by atoms with Gasteiger partial charge in [-0.3, -0.25) is 9.69 Å². The molecule has 0 aromatic carbocycles. The molecule has 110 valence electrons. The number of carbonyl (C=O) groups is 1. The first-order chi connectivity index (χ1) is 10.2. The Balaban J connectivity index is 1.58. The molecule has 1 aliphatic rings. The van der Waals surface area contributed by atoms with Gasteiger partial charge >= 0.3 is 0 Å². The average molecular weight is 286 g/mol. The molecule has 1 fully saturated rings. The number of nitrogens with zero attached hydrogens (tertiary/aromatic N) is 4. The van der Waals surface area contributed by atoms with E-state index in [0.717, 1.165) is 18.8 Å². The lowest BCUT2D eigenvalue weighted by Crippen LogP contribution is -2.36. The first kappa shape index (κ1) is 13.8. The Morgan fingerprint density at radius 1 is 1.43 bits per heavy atom. The van der Waals surface area contributed by atoms with E-state index in [1.165, 1.54) is 6.26 Å². The SMILES string of the molecule is CN(Cc1ncccn1)C1CCN(C(=O)c2ccco2)C1. The summed E-state index contributed by atoms with van der Waals surface area (Å²) < 4.78 is 5.17. The minimum atomic E-state index is -0.0353. The van der Waals surface area contributed by atoms with Gasteiger partial charge in [-0.05, 0) is 31.7 Å². The predicted octanol–water partition coefficient (Wildman–Crippen LogP) is 1.42. The molecule has 1 aliphatic heterocycles. The van der Waals surface area contributed by atoms with Crippen LogP contribution in [0.5, 0.6) is 0 Å². The first-order valence-corrected chi connectivity index (χ1v) is 7.03. The number of rotatable bonds is 4. The fourth-order valence-corrected chi connectivity index (χ4v) is 2.61. The van der Waals surface area contributed by atoms with Gasteiger partial charge in [-0.25, -0.2) is 9.97 Å². The number of aromatic nitrogens is 2. The zero-order valence-corrected chi connectivity index (χ0v) is 12.0. The summed E-state index contributed by atoms with van der Waals surface area (Å²) in [5.74, 6) is 1.17. The van der Waals surface area contributed by atoms with Crippen LogP contribution in [0.25, 0.3) is 0 Å². The van der Waals surface area contributed by atoms with Gasteiger partial charge in [0.05, 0.1) is 12.8 Å². The number of hydrogen-bond acceptors (Lipinski definition) is 5. The van der Waals surface area contributed by atoms with Gasteiger partial charge in [0.1, 0.15) is 5.82 Å². The normalized spacial score (nSPS) is 18.4. The van der Waals surface area contributed by atoms with Crippen LogP contribution >= 0.6 is 0 Å². The maximum atomic E-state index is 12.2. The molecule has 2 aromatic heterocycles. The molecule has 21 heavy (non-hydrogen) atoms. The Bertz CT molecular complexity index is 585. The lowest BCUT2D eigenvalue weighted by molar-refractivity contribution is 0.0748. The number of likely N-dealkylation sites (N-methyl/N-ethyl adjacent to an activating group) is 1. The van der Waals surface area contributed by atoms with Gasteiger partial charge < -0.3 is 9.32 Å². The van der Waals surface area contributed by atoms with Crippen LogP contribution < -0.4 is 0 Å². The van der Waals surface area contributed by atoms with Crippen molar-refractivity contribution in [2.75, 3.05) is 20.1 Å². The minimum Gasteiger partial charge on any atom is -0.459 e. The second-order valence-corrected chi connectivity index (χ2v) is 5.25. The smallest absolute Gasteiger partial charge is 0.289 e. The van der Waals surface area contributed by atoms with Gasteiger partial charge in [0, 0.05) is 31.5 Å². The predicted molar refractivity (Wildman–Crippen MR) is 76.5 cm³/mol. The molecule has 3 heterocycles. The number of furan rings is 1. The zero-order chi connectivity index (χ0) is 14.7. The molecule has 1 saturated heterocycles. The van der Waals surface area contributed by atoms with Crippen molar-refractivity contribution in [3.8, 4) is 0 Å². The van der Waals surface area contributed by atoms with E-state index in [1.807, 2.05) is 18.0 Å². The summed E-state index contributed by atoms with van der Waals surface area (Å²) in [5, 5.41) is 0. The molecule has 1 unspecified atom stereocenters. The fraction of sp³-hybridized carbons (Fsp3) is 0.400. The minimum absolute atomic E-state index is 0.0353. The summed E-state index contributed by atoms with van der Waals surface area (Å²) in [7, 11) is 2.04. The third-order valence-corrected chi connectivity index (χ3v) is 3.82. The third kappa shape index (κ3) is 3.11. The topological polar surface area (TPSA) is 62.5 Å². The largest absolute Gasteiger partial charge is 0.459 e. The van der Waals surface area contributed by atoms with E-state index in [1.54, 1.807) is 24.5 Å². The van der Waals surface area contributed by atoms with Gasteiger partial charge in [0.25, 0.3) is 5.91 Å². The van der Waals surface area contributed by atoms with Crippen LogP contribution in [0.2, 0.25) is 0 Å². The molecule has 0 saturated carbocycles. The second-order valence-electron chi connectivity index (χ2n) is 5.25. The summed E-state index contributed by atoms with van der Waals surface area (Å²) in [5.41, 5.74) is 0. The van der Waals surface area contributed by atoms with E-state index in [-0.39, 0.29) is 5.91 Å². The summed E-state index contributed by atoms with van der Waals surface area (Å²) in [4.78, 5) is 24.7. The van der Waals surface area contributed by atoms with Crippen LogP contribution in [-0.4, -0.2) is 51.9 Å². The maximum absolute atomic E-state index is 12.2. The van der Waals surface area contributed by atoms with E-state index in [2.05, 4.69) is 14.9 Å². The van der Waals surface area contributed by atoms with E-state index >= 15 is 0 Å². The molecule has 6 heteroatoms. The molecule has 3 rings (SSSR count). The Kier molecular flexibility index (Phi) is 3.96. The summed E-state index contributed by atoms with van der Waals surface area (Å²) in [6, 6.07) is 5.58. The van der Waals surface area contributed by atoms with Crippen molar-refractivity contribution in [3.63, 3.8) is 0 Å². The third-order valence-electron chi connectivity index (χ3n) is 3.82. The lowest BCUT2D eigenvalue weighted by atomic mass is 10.2. The molecule has 0 aliphatic carbocycles. The first-order valence-electron chi connectivity index (χ1n) is 7.03. The molecule has 0 bridgehead atoms. The number of carbonyl (C=O) groups excluding carboxylic acids is 1. The van der Waals surface area contributed by atoms with Gasteiger partial charge in [-0.1, -0.05) is 0 Å². The highest BCUT2D eigenvalue weighted by atomic mass is 16.3. The quantitative estimate of drug-likeness (QED) is 0.850. The molecule has 1 atom stereocenters. The number of amides is 1. The van der Waals surface area contributed by atoms with Gasteiger partial charge in [-0.15, -0.1) is 0 Å². The molecule has 2 aromatic rings. The van der Waals surface area contributed by atoms with Crippen LogP contribution in [0.3, 0.4) is 0 Å². The molecule has 6 nitrogen and oxygen atoms in total. The molecular formula is C15H18N4O2. The summed E-state index contributed by atoms with van der Waals surface area (Å²) in [6.07, 6.45) is 5.98. The lowest BCUT2D eigenvalue weighted by Gasteiger charge is -2.23. The second kappa shape index (κ2) is 6.05. The highest BCUT2D eigenvalue weighted by Crippen LogP contribution is 2.18. The molecule has 0 N–H and O–H groups in total. The van der Waals surface area contributed by atoms with Crippen molar-refractivity contribution in [2.45, 2.75) is 19.0 Å². The highest BCUT2D eigenvalue weighted by molar-refractivity contribution is 5.91. The number of hydrogen-bond donors (Lipinski definition) is 0. The molecular weight excluding hydrogens is 268 g/mol. The summed E-state index contributed by atoms with van der Waals surface area (Å²) in [6.45, 7) is 2.15. The van der Waals surface area contributed by atoms with Crippen molar-refractivity contribution in [1.29, 1.82) is 0 Å². The molecule has 0 spiro atoms. The monoisotopic (exact) mass is 286 g/mol. The van der Waals surface area contributed by atoms with Crippen LogP contribution in [0.1, 0.15) is 22.8 Å². The van der Waals surface area contributed by atoms with Gasteiger partial charge in [0.15, 0.2) is 5.76 Å².